The summed E-state index contributed by atoms with van der Waals surface area (Å²) < 4.78 is 10.5. The zero-order valence-electron chi connectivity index (χ0n) is 14.2. The predicted molar refractivity (Wildman–Crippen MR) is 96.1 cm³/mol. The standard InChI is InChI=1S/C18H14N4O5/c1-26-16-6-5-12(9-15(16)22(24)25)18(23)21-13-3-2-4-14(10-13)27-17-11-19-7-8-20-17/h2-11H,1H3,(H,21,23). The number of nitro benzene ring substituents is 1. The van der Waals surface area contributed by atoms with Crippen molar-refractivity contribution in [1.82, 2.24) is 9.97 Å². The monoisotopic (exact) mass is 366 g/mol. The van der Waals surface area contributed by atoms with Gasteiger partial charge in [-0.2, -0.15) is 0 Å². The van der Waals surface area contributed by atoms with Crippen LogP contribution < -0.4 is 14.8 Å². The van der Waals surface area contributed by atoms with Crippen molar-refractivity contribution in [3.63, 3.8) is 0 Å². The summed E-state index contributed by atoms with van der Waals surface area (Å²) in [6.45, 7) is 0. The molecule has 0 bridgehead atoms. The molecule has 9 nitrogen and oxygen atoms in total. The smallest absolute Gasteiger partial charge is 0.311 e. The van der Waals surface area contributed by atoms with Crippen molar-refractivity contribution >= 4 is 17.3 Å². The number of nitrogens with one attached hydrogen (secondary N) is 1. The Morgan fingerprint density at radius 2 is 2.04 bits per heavy atom. The van der Waals surface area contributed by atoms with Crippen LogP contribution in [0.25, 0.3) is 0 Å². The fraction of sp³-hybridized carbons (Fsp3) is 0.0556. The van der Waals surface area contributed by atoms with E-state index in [1.165, 1.54) is 37.8 Å². The molecule has 136 valence electrons. The maximum absolute atomic E-state index is 12.4. The van der Waals surface area contributed by atoms with Crippen LogP contribution in [0.3, 0.4) is 0 Å². The molecule has 0 saturated heterocycles. The van der Waals surface area contributed by atoms with Crippen LogP contribution in [-0.2, 0) is 0 Å². The van der Waals surface area contributed by atoms with E-state index in [1.54, 1.807) is 24.3 Å². The molecule has 9 heteroatoms. The summed E-state index contributed by atoms with van der Waals surface area (Å²) in [6.07, 6.45) is 4.48. The molecule has 3 rings (SSSR count). The highest BCUT2D eigenvalue weighted by molar-refractivity contribution is 6.04. The number of amides is 1. The number of benzene rings is 2. The lowest BCUT2D eigenvalue weighted by molar-refractivity contribution is -0.385. The van der Waals surface area contributed by atoms with Crippen molar-refractivity contribution in [2.45, 2.75) is 0 Å². The Hall–Kier alpha value is -4.01. The summed E-state index contributed by atoms with van der Waals surface area (Å²) in [6, 6.07) is 10.6. The van der Waals surface area contributed by atoms with E-state index in [1.807, 2.05) is 0 Å². The Morgan fingerprint density at radius 3 is 2.74 bits per heavy atom. The molecule has 0 aliphatic heterocycles. The Bertz CT molecular complexity index is 978. The Balaban J connectivity index is 1.77. The van der Waals surface area contributed by atoms with Crippen LogP contribution in [0.5, 0.6) is 17.4 Å². The van der Waals surface area contributed by atoms with Crippen LogP contribution in [0, 0.1) is 10.1 Å². The van der Waals surface area contributed by atoms with E-state index in [9.17, 15) is 14.9 Å². The SMILES string of the molecule is COc1ccc(C(=O)Nc2cccc(Oc3cnccn3)c2)cc1[N+](=O)[O-]. The van der Waals surface area contributed by atoms with Gasteiger partial charge < -0.3 is 14.8 Å². The first-order chi connectivity index (χ1) is 13.1. The molecule has 0 aliphatic carbocycles. The number of carbonyl (C=O) groups excluding carboxylic acids is 1. The number of carbonyl (C=O) groups is 1. The first-order valence-electron chi connectivity index (χ1n) is 7.74. The number of hydrogen-bond acceptors (Lipinski definition) is 7. The fourth-order valence-electron chi connectivity index (χ4n) is 2.27. The first kappa shape index (κ1) is 17.8. The van der Waals surface area contributed by atoms with E-state index in [0.717, 1.165) is 6.07 Å². The van der Waals surface area contributed by atoms with Gasteiger partial charge in [-0.3, -0.25) is 19.9 Å². The minimum atomic E-state index is -0.606. The van der Waals surface area contributed by atoms with E-state index in [-0.39, 0.29) is 17.0 Å². The van der Waals surface area contributed by atoms with Gasteiger partial charge in [0.25, 0.3) is 5.91 Å². The lowest BCUT2D eigenvalue weighted by Gasteiger charge is -2.09. The van der Waals surface area contributed by atoms with Crippen molar-refractivity contribution in [2.75, 3.05) is 12.4 Å². The van der Waals surface area contributed by atoms with Crippen LogP contribution in [0.2, 0.25) is 0 Å². The van der Waals surface area contributed by atoms with Gasteiger partial charge in [0, 0.05) is 35.8 Å². The molecule has 0 unspecified atom stereocenters. The van der Waals surface area contributed by atoms with E-state index < -0.39 is 10.8 Å². The molecule has 0 saturated carbocycles. The molecule has 0 spiro atoms. The molecule has 0 radical (unpaired) electrons. The van der Waals surface area contributed by atoms with Crippen LogP contribution in [0.4, 0.5) is 11.4 Å². The van der Waals surface area contributed by atoms with Gasteiger partial charge in [0.05, 0.1) is 18.2 Å². The van der Waals surface area contributed by atoms with Crippen molar-refractivity contribution in [3.8, 4) is 17.4 Å². The van der Waals surface area contributed by atoms with Crippen LogP contribution in [0.15, 0.2) is 61.1 Å². The van der Waals surface area contributed by atoms with Gasteiger partial charge in [-0.25, -0.2) is 4.98 Å². The maximum Gasteiger partial charge on any atom is 0.311 e. The lowest BCUT2D eigenvalue weighted by Crippen LogP contribution is -2.12. The molecule has 27 heavy (non-hydrogen) atoms. The van der Waals surface area contributed by atoms with Crippen molar-refractivity contribution < 1.29 is 19.2 Å². The average molecular weight is 366 g/mol. The molecule has 0 fully saturated rings. The Kier molecular flexibility index (Phi) is 5.22. The van der Waals surface area contributed by atoms with Gasteiger partial charge in [0.1, 0.15) is 5.75 Å². The van der Waals surface area contributed by atoms with Gasteiger partial charge >= 0.3 is 5.69 Å². The highest BCUT2D eigenvalue weighted by Crippen LogP contribution is 2.28. The third-order valence-electron chi connectivity index (χ3n) is 3.49. The largest absolute Gasteiger partial charge is 0.490 e. The summed E-state index contributed by atoms with van der Waals surface area (Å²) in [4.78, 5) is 30.8. The number of rotatable bonds is 6. The summed E-state index contributed by atoms with van der Waals surface area (Å²) >= 11 is 0. The van der Waals surface area contributed by atoms with Crippen molar-refractivity contribution in [1.29, 1.82) is 0 Å². The first-order valence-corrected chi connectivity index (χ1v) is 7.74. The topological polar surface area (TPSA) is 116 Å². The number of aromatic nitrogens is 2. The Morgan fingerprint density at radius 1 is 1.19 bits per heavy atom. The number of nitro groups is 1. The lowest BCUT2D eigenvalue weighted by atomic mass is 10.1. The van der Waals surface area contributed by atoms with Crippen LogP contribution >= 0.6 is 0 Å². The fourth-order valence-corrected chi connectivity index (χ4v) is 2.27. The minimum absolute atomic E-state index is 0.0796. The normalized spacial score (nSPS) is 10.1. The molecule has 1 aromatic heterocycles. The van der Waals surface area contributed by atoms with E-state index in [4.69, 9.17) is 9.47 Å². The number of hydrogen-bond donors (Lipinski definition) is 1. The highest BCUT2D eigenvalue weighted by Gasteiger charge is 2.18. The molecule has 1 heterocycles. The number of methoxy groups -OCH3 is 1. The molecular formula is C18H14N4O5. The van der Waals surface area contributed by atoms with Crippen LogP contribution in [-0.4, -0.2) is 27.9 Å². The Labute approximate surface area is 153 Å². The highest BCUT2D eigenvalue weighted by atomic mass is 16.6. The van der Waals surface area contributed by atoms with E-state index in [0.29, 0.717) is 17.3 Å². The van der Waals surface area contributed by atoms with Gasteiger partial charge in [0.2, 0.25) is 5.88 Å². The zero-order valence-corrected chi connectivity index (χ0v) is 14.2. The van der Waals surface area contributed by atoms with Gasteiger partial charge in [-0.1, -0.05) is 6.07 Å². The van der Waals surface area contributed by atoms with Crippen molar-refractivity contribution in [2.24, 2.45) is 0 Å². The third kappa shape index (κ3) is 4.34. The number of nitrogens with zero attached hydrogens (tertiary/aromatic N) is 3. The van der Waals surface area contributed by atoms with Crippen molar-refractivity contribution in [3.05, 3.63) is 76.7 Å². The minimum Gasteiger partial charge on any atom is -0.490 e. The number of anilines is 1. The molecule has 0 aliphatic rings. The zero-order chi connectivity index (χ0) is 19.2. The summed E-state index contributed by atoms with van der Waals surface area (Å²) in [7, 11) is 1.32. The van der Waals surface area contributed by atoms with Crippen LogP contribution in [0.1, 0.15) is 10.4 Å². The molecule has 0 atom stereocenters. The second-order valence-electron chi connectivity index (χ2n) is 5.27. The van der Waals surface area contributed by atoms with E-state index in [2.05, 4.69) is 15.3 Å². The summed E-state index contributed by atoms with van der Waals surface area (Å²) in [5, 5.41) is 13.8. The molecule has 1 amide bonds. The molecular weight excluding hydrogens is 352 g/mol. The second-order valence-corrected chi connectivity index (χ2v) is 5.27. The molecule has 3 aromatic rings. The predicted octanol–water partition coefficient (Wildman–Crippen LogP) is 3.44. The van der Waals surface area contributed by atoms with Gasteiger partial charge in [-0.05, 0) is 24.3 Å². The van der Waals surface area contributed by atoms with Gasteiger partial charge in [-0.15, -0.1) is 0 Å². The van der Waals surface area contributed by atoms with Gasteiger partial charge in [0.15, 0.2) is 5.75 Å². The maximum atomic E-state index is 12.4. The number of ether oxygens (including phenoxy) is 2. The third-order valence-corrected chi connectivity index (χ3v) is 3.49. The summed E-state index contributed by atoms with van der Waals surface area (Å²) in [5.74, 6) is 0.342. The quantitative estimate of drug-likeness (QED) is 0.524. The average Bonchev–Trinajstić information content (AvgIpc) is 2.68. The summed E-state index contributed by atoms with van der Waals surface area (Å²) in [5.41, 5.74) is 0.299. The molecule has 2 aromatic carbocycles. The molecule has 1 N–H and O–H groups in total. The van der Waals surface area contributed by atoms with E-state index >= 15 is 0 Å². The second kappa shape index (κ2) is 7.91.